The molecule has 1 N–H and O–H groups in total. The van der Waals surface area contributed by atoms with E-state index in [-0.39, 0.29) is 28.8 Å². The molecule has 1 heterocycles. The summed E-state index contributed by atoms with van der Waals surface area (Å²) in [5, 5.41) is 14.1. The maximum absolute atomic E-state index is 12.5. The number of aromatic nitrogens is 2. The molecule has 6 nitrogen and oxygen atoms in total. The number of rotatable bonds is 4. The number of halogens is 1. The first-order valence-corrected chi connectivity index (χ1v) is 7.37. The van der Waals surface area contributed by atoms with E-state index in [1.807, 2.05) is 0 Å². The van der Waals surface area contributed by atoms with Crippen molar-refractivity contribution in [2.45, 2.75) is 6.54 Å². The van der Waals surface area contributed by atoms with Crippen LogP contribution < -0.4 is 5.56 Å². The lowest BCUT2D eigenvalue weighted by molar-refractivity contribution is 0.0688. The zero-order valence-corrected chi connectivity index (χ0v) is 13.0. The number of ketones is 1. The second-order valence-corrected chi connectivity index (χ2v) is 5.53. The first kappa shape index (κ1) is 15.9. The first-order valence-electron chi connectivity index (χ1n) is 6.99. The fourth-order valence-corrected chi connectivity index (χ4v) is 2.49. The Bertz CT molecular complexity index is 1010. The summed E-state index contributed by atoms with van der Waals surface area (Å²) in [5.41, 5.74) is -0.426. The predicted molar refractivity (Wildman–Crippen MR) is 88.7 cm³/mol. The van der Waals surface area contributed by atoms with Crippen molar-refractivity contribution in [3.63, 3.8) is 0 Å². The van der Waals surface area contributed by atoms with Gasteiger partial charge in [-0.05, 0) is 30.3 Å². The summed E-state index contributed by atoms with van der Waals surface area (Å²) in [6, 6.07) is 12.5. The van der Waals surface area contributed by atoms with Gasteiger partial charge in [-0.15, -0.1) is 0 Å². The number of fused-ring (bicyclic) bond motifs is 1. The van der Waals surface area contributed by atoms with Crippen molar-refractivity contribution in [2.24, 2.45) is 0 Å². The van der Waals surface area contributed by atoms with E-state index in [0.717, 1.165) is 4.68 Å². The molecule has 2 aromatic carbocycles. The van der Waals surface area contributed by atoms with Crippen LogP contribution in [0.1, 0.15) is 20.8 Å². The molecule has 120 valence electrons. The number of carbonyl (C=O) groups is 2. The summed E-state index contributed by atoms with van der Waals surface area (Å²) in [4.78, 5) is 36.2. The maximum Gasteiger partial charge on any atom is 0.357 e. The largest absolute Gasteiger partial charge is 0.476 e. The Labute approximate surface area is 140 Å². The summed E-state index contributed by atoms with van der Waals surface area (Å²) in [6.45, 7) is -0.356. The summed E-state index contributed by atoms with van der Waals surface area (Å²) in [7, 11) is 0. The van der Waals surface area contributed by atoms with E-state index >= 15 is 0 Å². The molecular weight excluding hydrogens is 332 g/mol. The summed E-state index contributed by atoms with van der Waals surface area (Å²) >= 11 is 5.78. The number of hydrogen-bond acceptors (Lipinski definition) is 4. The Morgan fingerprint density at radius 3 is 2.29 bits per heavy atom. The molecule has 24 heavy (non-hydrogen) atoms. The van der Waals surface area contributed by atoms with Crippen LogP contribution in [0.5, 0.6) is 0 Å². The van der Waals surface area contributed by atoms with E-state index in [4.69, 9.17) is 11.6 Å². The molecular formula is C17H11ClN2O4. The molecule has 1 aromatic heterocycles. The van der Waals surface area contributed by atoms with Gasteiger partial charge in [0, 0.05) is 16.0 Å². The molecule has 0 saturated carbocycles. The lowest BCUT2D eigenvalue weighted by atomic mass is 10.1. The molecule has 0 unspecified atom stereocenters. The normalized spacial score (nSPS) is 10.7. The minimum atomic E-state index is -1.26. The highest BCUT2D eigenvalue weighted by Crippen LogP contribution is 2.14. The maximum atomic E-state index is 12.5. The Morgan fingerprint density at radius 1 is 1.04 bits per heavy atom. The van der Waals surface area contributed by atoms with Crippen LogP contribution in [0.25, 0.3) is 10.8 Å². The lowest BCUT2D eigenvalue weighted by Crippen LogP contribution is -2.29. The fourth-order valence-electron chi connectivity index (χ4n) is 2.36. The van der Waals surface area contributed by atoms with Crippen molar-refractivity contribution in [3.05, 3.63) is 75.2 Å². The molecule has 0 bridgehead atoms. The summed E-state index contributed by atoms with van der Waals surface area (Å²) in [5.74, 6) is -1.63. The average Bonchev–Trinajstić information content (AvgIpc) is 2.57. The van der Waals surface area contributed by atoms with Gasteiger partial charge in [0.25, 0.3) is 5.56 Å². The van der Waals surface area contributed by atoms with E-state index in [1.54, 1.807) is 24.3 Å². The van der Waals surface area contributed by atoms with Gasteiger partial charge in [0.05, 0.1) is 5.39 Å². The van der Waals surface area contributed by atoms with E-state index in [1.165, 1.54) is 24.3 Å². The van der Waals surface area contributed by atoms with E-state index in [0.29, 0.717) is 10.6 Å². The van der Waals surface area contributed by atoms with Crippen molar-refractivity contribution in [1.82, 2.24) is 9.78 Å². The second-order valence-electron chi connectivity index (χ2n) is 5.09. The molecule has 0 radical (unpaired) electrons. The first-order chi connectivity index (χ1) is 11.5. The van der Waals surface area contributed by atoms with Crippen molar-refractivity contribution >= 4 is 34.1 Å². The molecule has 0 aliphatic carbocycles. The third kappa shape index (κ3) is 2.91. The topological polar surface area (TPSA) is 89.3 Å². The molecule has 3 rings (SSSR count). The molecule has 0 aliphatic rings. The van der Waals surface area contributed by atoms with Gasteiger partial charge >= 0.3 is 5.97 Å². The van der Waals surface area contributed by atoms with Gasteiger partial charge in [-0.25, -0.2) is 9.48 Å². The highest BCUT2D eigenvalue weighted by molar-refractivity contribution is 6.30. The number of nitrogens with zero attached hydrogens (tertiary/aromatic N) is 2. The monoisotopic (exact) mass is 342 g/mol. The molecule has 7 heteroatoms. The van der Waals surface area contributed by atoms with Crippen LogP contribution in [0.15, 0.2) is 53.3 Å². The van der Waals surface area contributed by atoms with E-state index in [2.05, 4.69) is 5.10 Å². The van der Waals surface area contributed by atoms with Crippen LogP contribution >= 0.6 is 11.6 Å². The quantitative estimate of drug-likeness (QED) is 0.736. The van der Waals surface area contributed by atoms with E-state index < -0.39 is 11.5 Å². The molecule has 0 aliphatic heterocycles. The minimum absolute atomic E-state index is 0.203. The minimum Gasteiger partial charge on any atom is -0.476 e. The number of carboxylic acids is 1. The highest BCUT2D eigenvalue weighted by atomic mass is 35.5. The molecule has 3 aromatic rings. The van der Waals surface area contributed by atoms with Crippen molar-refractivity contribution in [3.8, 4) is 0 Å². The number of Topliss-reactive ketones (excluding diaryl/α,β-unsaturated/α-hetero) is 1. The van der Waals surface area contributed by atoms with Crippen molar-refractivity contribution < 1.29 is 14.7 Å². The number of carboxylic acid groups (broad SMARTS) is 1. The average molecular weight is 343 g/mol. The third-order valence-corrected chi connectivity index (χ3v) is 3.78. The van der Waals surface area contributed by atoms with Crippen LogP contribution in [-0.2, 0) is 6.54 Å². The third-order valence-electron chi connectivity index (χ3n) is 3.53. The van der Waals surface area contributed by atoms with Crippen LogP contribution in [0.2, 0.25) is 5.02 Å². The van der Waals surface area contributed by atoms with Gasteiger partial charge in [-0.1, -0.05) is 29.8 Å². The Balaban J connectivity index is 2.08. The van der Waals surface area contributed by atoms with E-state index in [9.17, 15) is 19.5 Å². The smallest absolute Gasteiger partial charge is 0.357 e. The van der Waals surface area contributed by atoms with Crippen molar-refractivity contribution in [1.29, 1.82) is 0 Å². The lowest BCUT2D eigenvalue weighted by Gasteiger charge is -2.08. The Hall–Kier alpha value is -2.99. The fraction of sp³-hybridized carbons (Fsp3) is 0.0588. The van der Waals surface area contributed by atoms with Crippen LogP contribution in [0.3, 0.4) is 0 Å². The van der Waals surface area contributed by atoms with Gasteiger partial charge in [-0.2, -0.15) is 5.10 Å². The SMILES string of the molecule is O=C(Cn1nc(C(=O)O)c2ccccc2c1=O)c1ccc(Cl)cc1. The highest BCUT2D eigenvalue weighted by Gasteiger charge is 2.17. The van der Waals surface area contributed by atoms with Gasteiger partial charge in [0.1, 0.15) is 6.54 Å². The zero-order chi connectivity index (χ0) is 17.3. The summed E-state index contributed by atoms with van der Waals surface area (Å²) in [6.07, 6.45) is 0. The number of hydrogen-bond donors (Lipinski definition) is 1. The molecule has 0 amide bonds. The molecule has 0 fully saturated rings. The number of aromatic carboxylic acids is 1. The van der Waals surface area contributed by atoms with Gasteiger partial charge in [0.2, 0.25) is 0 Å². The predicted octanol–water partition coefficient (Wildman–Crippen LogP) is 2.63. The van der Waals surface area contributed by atoms with Gasteiger partial charge in [0.15, 0.2) is 11.5 Å². The van der Waals surface area contributed by atoms with Crippen LogP contribution in [0, 0.1) is 0 Å². The van der Waals surface area contributed by atoms with Crippen LogP contribution in [0.4, 0.5) is 0 Å². The van der Waals surface area contributed by atoms with Crippen LogP contribution in [-0.4, -0.2) is 26.6 Å². The number of carbonyl (C=O) groups excluding carboxylic acids is 1. The summed E-state index contributed by atoms with van der Waals surface area (Å²) < 4.78 is 0.878. The Kier molecular flexibility index (Phi) is 4.14. The zero-order valence-electron chi connectivity index (χ0n) is 12.3. The number of benzene rings is 2. The second kappa shape index (κ2) is 6.25. The Morgan fingerprint density at radius 2 is 1.67 bits per heavy atom. The van der Waals surface area contributed by atoms with Gasteiger partial charge in [-0.3, -0.25) is 9.59 Å². The molecule has 0 saturated heterocycles. The molecule has 0 spiro atoms. The van der Waals surface area contributed by atoms with Crippen molar-refractivity contribution in [2.75, 3.05) is 0 Å². The standard InChI is InChI=1S/C17H11ClN2O4/c18-11-7-5-10(6-8-11)14(21)9-20-16(22)13-4-2-1-3-12(13)15(19-20)17(23)24/h1-8H,9H2,(H,23,24). The molecule has 0 atom stereocenters. The van der Waals surface area contributed by atoms with Gasteiger partial charge < -0.3 is 5.11 Å².